The molecule has 1 aromatic carbocycles. The van der Waals surface area contributed by atoms with E-state index < -0.39 is 28.9 Å². The first-order valence-electron chi connectivity index (χ1n) is 7.78. The maximum absolute atomic E-state index is 12.9. The number of nitrogens with one attached hydrogen (secondary N) is 1. The quantitative estimate of drug-likeness (QED) is 0.910. The normalized spacial score (nSPS) is 16.3. The molecule has 9 heteroatoms. The van der Waals surface area contributed by atoms with Crippen molar-refractivity contribution in [1.29, 1.82) is 0 Å². The van der Waals surface area contributed by atoms with Crippen molar-refractivity contribution in [2.24, 2.45) is 7.05 Å². The van der Waals surface area contributed by atoms with Crippen LogP contribution in [0.5, 0.6) is 0 Å². The third-order valence-electron chi connectivity index (χ3n) is 4.51. The van der Waals surface area contributed by atoms with Crippen LogP contribution in [0.1, 0.15) is 30.4 Å². The van der Waals surface area contributed by atoms with Crippen LogP contribution in [-0.2, 0) is 30.1 Å². The lowest BCUT2D eigenvalue weighted by Crippen LogP contribution is -2.52. The van der Waals surface area contributed by atoms with Gasteiger partial charge < -0.3 is 5.32 Å². The van der Waals surface area contributed by atoms with E-state index in [1.54, 1.807) is 6.07 Å². The van der Waals surface area contributed by atoms with Gasteiger partial charge in [0.25, 0.3) is 0 Å². The van der Waals surface area contributed by atoms with Crippen molar-refractivity contribution in [3.05, 3.63) is 52.2 Å². The first kappa shape index (κ1) is 17.2. The van der Waals surface area contributed by atoms with Crippen LogP contribution < -0.4 is 11.0 Å². The van der Waals surface area contributed by atoms with Gasteiger partial charge in [0.2, 0.25) is 5.91 Å². The van der Waals surface area contributed by atoms with Crippen molar-refractivity contribution in [3.8, 4) is 0 Å². The molecule has 1 aliphatic rings. The Hall–Kier alpha value is -2.58. The number of aromatic nitrogens is 3. The maximum atomic E-state index is 12.9. The Labute approximate surface area is 141 Å². The minimum atomic E-state index is -4.44. The summed E-state index contributed by atoms with van der Waals surface area (Å²) in [7, 11) is 1.51. The molecular weight excluding hydrogens is 337 g/mol. The lowest BCUT2D eigenvalue weighted by molar-refractivity contribution is -0.137. The average molecular weight is 354 g/mol. The molecule has 1 aliphatic carbocycles. The van der Waals surface area contributed by atoms with Crippen molar-refractivity contribution in [1.82, 2.24) is 19.7 Å². The van der Waals surface area contributed by atoms with Gasteiger partial charge in [0.1, 0.15) is 12.9 Å². The maximum Gasteiger partial charge on any atom is 0.416 e. The SMILES string of the molecule is Cn1cnn(CC(=O)NC2(c3cccc(C(F)(F)F)c3)CCC2)c1=O. The number of carbonyl (C=O) groups is 1. The zero-order valence-corrected chi connectivity index (χ0v) is 13.5. The van der Waals surface area contributed by atoms with Gasteiger partial charge in [-0.2, -0.15) is 18.3 Å². The van der Waals surface area contributed by atoms with Gasteiger partial charge in [-0.15, -0.1) is 0 Å². The summed E-state index contributed by atoms with van der Waals surface area (Å²) in [5.41, 5.74) is -1.57. The van der Waals surface area contributed by atoms with Crippen LogP contribution in [0.3, 0.4) is 0 Å². The summed E-state index contributed by atoms with van der Waals surface area (Å²) >= 11 is 0. The van der Waals surface area contributed by atoms with Gasteiger partial charge in [-0.1, -0.05) is 12.1 Å². The zero-order valence-electron chi connectivity index (χ0n) is 13.5. The Bertz CT molecular complexity index is 850. The van der Waals surface area contributed by atoms with Crippen LogP contribution in [0.25, 0.3) is 0 Å². The monoisotopic (exact) mass is 354 g/mol. The predicted molar refractivity (Wildman–Crippen MR) is 82.6 cm³/mol. The topological polar surface area (TPSA) is 68.9 Å². The lowest BCUT2D eigenvalue weighted by atomic mass is 9.71. The summed E-state index contributed by atoms with van der Waals surface area (Å²) in [5, 5.41) is 6.60. The van der Waals surface area contributed by atoms with Crippen molar-refractivity contribution < 1.29 is 18.0 Å². The Morgan fingerprint density at radius 3 is 2.60 bits per heavy atom. The molecule has 1 N–H and O–H groups in total. The van der Waals surface area contributed by atoms with E-state index in [1.807, 2.05) is 0 Å². The van der Waals surface area contributed by atoms with Gasteiger partial charge in [0.05, 0.1) is 11.1 Å². The highest BCUT2D eigenvalue weighted by molar-refractivity contribution is 5.77. The number of carbonyl (C=O) groups excluding carboxylic acids is 1. The fourth-order valence-corrected chi connectivity index (χ4v) is 2.98. The van der Waals surface area contributed by atoms with Crippen molar-refractivity contribution in [2.45, 2.75) is 37.5 Å². The highest BCUT2D eigenvalue weighted by Crippen LogP contribution is 2.42. The molecule has 134 valence electrons. The summed E-state index contributed by atoms with van der Waals surface area (Å²) in [6, 6.07) is 5.01. The molecule has 1 aromatic heterocycles. The second kappa shape index (κ2) is 6.05. The Morgan fingerprint density at radius 1 is 1.36 bits per heavy atom. The summed E-state index contributed by atoms with van der Waals surface area (Å²) in [4.78, 5) is 24.0. The Balaban J connectivity index is 1.81. The number of rotatable bonds is 4. The minimum absolute atomic E-state index is 0.277. The Morgan fingerprint density at radius 2 is 2.08 bits per heavy atom. The van der Waals surface area contributed by atoms with Crippen LogP contribution in [-0.4, -0.2) is 20.3 Å². The number of halogens is 3. The van der Waals surface area contributed by atoms with E-state index in [0.717, 1.165) is 23.2 Å². The zero-order chi connectivity index (χ0) is 18.2. The van der Waals surface area contributed by atoms with Crippen LogP contribution in [0.4, 0.5) is 13.2 Å². The Kier molecular flexibility index (Phi) is 4.18. The minimum Gasteiger partial charge on any atom is -0.345 e. The number of hydrogen-bond acceptors (Lipinski definition) is 3. The molecule has 25 heavy (non-hydrogen) atoms. The van der Waals surface area contributed by atoms with Crippen LogP contribution in [0.2, 0.25) is 0 Å². The molecule has 3 rings (SSSR count). The molecule has 1 heterocycles. The number of aryl methyl sites for hydroxylation is 1. The highest BCUT2D eigenvalue weighted by atomic mass is 19.4. The fourth-order valence-electron chi connectivity index (χ4n) is 2.98. The first-order valence-corrected chi connectivity index (χ1v) is 7.78. The van der Waals surface area contributed by atoms with Crippen molar-refractivity contribution in [3.63, 3.8) is 0 Å². The number of nitrogens with zero attached hydrogens (tertiary/aromatic N) is 3. The average Bonchev–Trinajstić information content (AvgIpc) is 2.82. The smallest absolute Gasteiger partial charge is 0.345 e. The molecule has 1 amide bonds. The van der Waals surface area contributed by atoms with E-state index in [2.05, 4.69) is 10.4 Å². The van der Waals surface area contributed by atoms with E-state index >= 15 is 0 Å². The standard InChI is InChI=1S/C16H17F3N4O2/c1-22-10-20-23(14(22)25)9-13(24)21-15(6-3-7-15)11-4-2-5-12(8-11)16(17,18)19/h2,4-5,8,10H,3,6-7,9H2,1H3,(H,21,24). The molecule has 0 spiro atoms. The third kappa shape index (κ3) is 3.31. The number of benzene rings is 1. The summed E-state index contributed by atoms with van der Waals surface area (Å²) in [6.07, 6.45) is -1.23. The lowest BCUT2D eigenvalue weighted by Gasteiger charge is -2.43. The molecule has 0 saturated heterocycles. The molecule has 6 nitrogen and oxygen atoms in total. The van der Waals surface area contributed by atoms with Gasteiger partial charge in [0.15, 0.2) is 0 Å². The van der Waals surface area contributed by atoms with Gasteiger partial charge in [-0.25, -0.2) is 9.48 Å². The van der Waals surface area contributed by atoms with Crippen LogP contribution in [0.15, 0.2) is 35.4 Å². The van der Waals surface area contributed by atoms with E-state index in [4.69, 9.17) is 0 Å². The first-order chi connectivity index (χ1) is 11.7. The summed E-state index contributed by atoms with van der Waals surface area (Å²) in [6.45, 7) is -0.277. The van der Waals surface area contributed by atoms with Gasteiger partial charge >= 0.3 is 11.9 Å². The van der Waals surface area contributed by atoms with Gasteiger partial charge in [-0.3, -0.25) is 9.36 Å². The summed E-state index contributed by atoms with van der Waals surface area (Å²) in [5.74, 6) is -0.460. The molecule has 0 bridgehead atoms. The largest absolute Gasteiger partial charge is 0.416 e. The number of hydrogen-bond donors (Lipinski definition) is 1. The second-order valence-corrected chi connectivity index (χ2v) is 6.24. The fraction of sp³-hybridized carbons (Fsp3) is 0.438. The predicted octanol–water partition coefficient (Wildman–Crippen LogP) is 1.80. The molecular formula is C16H17F3N4O2. The highest BCUT2D eigenvalue weighted by Gasteiger charge is 2.41. The third-order valence-corrected chi connectivity index (χ3v) is 4.51. The van der Waals surface area contributed by atoms with Crippen molar-refractivity contribution >= 4 is 5.91 Å². The van der Waals surface area contributed by atoms with Gasteiger partial charge in [-0.05, 0) is 37.0 Å². The molecule has 0 radical (unpaired) electrons. The molecule has 2 aromatic rings. The van der Waals surface area contributed by atoms with E-state index in [1.165, 1.54) is 24.0 Å². The van der Waals surface area contributed by atoms with E-state index in [0.29, 0.717) is 18.4 Å². The molecule has 0 atom stereocenters. The van der Waals surface area contributed by atoms with Crippen LogP contribution in [0, 0.1) is 0 Å². The van der Waals surface area contributed by atoms with Gasteiger partial charge in [0, 0.05) is 7.05 Å². The van der Waals surface area contributed by atoms with E-state index in [-0.39, 0.29) is 6.54 Å². The summed E-state index contributed by atoms with van der Waals surface area (Å²) < 4.78 is 41.1. The second-order valence-electron chi connectivity index (χ2n) is 6.24. The number of alkyl halides is 3. The molecule has 1 saturated carbocycles. The molecule has 0 aliphatic heterocycles. The molecule has 1 fully saturated rings. The van der Waals surface area contributed by atoms with Crippen LogP contribution >= 0.6 is 0 Å². The van der Waals surface area contributed by atoms with Crippen molar-refractivity contribution in [2.75, 3.05) is 0 Å². The number of amides is 1. The van der Waals surface area contributed by atoms with E-state index in [9.17, 15) is 22.8 Å². The molecule has 0 unspecified atom stereocenters.